The van der Waals surface area contributed by atoms with Crippen LogP contribution in [0.3, 0.4) is 0 Å². The minimum absolute atomic E-state index is 0. The lowest BCUT2D eigenvalue weighted by molar-refractivity contribution is 0.0277. The molecule has 1 aromatic carbocycles. The van der Waals surface area contributed by atoms with Gasteiger partial charge in [-0.15, -0.1) is 12.4 Å². The maximum Gasteiger partial charge on any atom is 0.0950 e. The number of hydrogen-bond donors (Lipinski definition) is 1. The molecule has 0 bridgehead atoms. The molecule has 1 saturated heterocycles. The van der Waals surface area contributed by atoms with Crippen LogP contribution in [0, 0.1) is 0 Å². The summed E-state index contributed by atoms with van der Waals surface area (Å²) in [5.41, 5.74) is 1.08. The fourth-order valence-electron chi connectivity index (χ4n) is 1.49. The molecule has 0 radical (unpaired) electrons. The lowest BCUT2D eigenvalue weighted by atomic mass is 10.1. The van der Waals surface area contributed by atoms with Crippen molar-refractivity contribution in [3.63, 3.8) is 0 Å². The molecule has 0 aromatic heterocycles. The quantitative estimate of drug-likeness (QED) is 0.845. The predicted molar refractivity (Wildman–Crippen MR) is 65.3 cm³/mol. The van der Waals surface area contributed by atoms with Crippen LogP contribution in [0.2, 0.25) is 10.0 Å². The third-order valence-corrected chi connectivity index (χ3v) is 2.98. The van der Waals surface area contributed by atoms with E-state index in [-0.39, 0.29) is 18.5 Å². The molecule has 2 nitrogen and oxygen atoms in total. The molecule has 5 heteroatoms. The lowest BCUT2D eigenvalue weighted by Crippen LogP contribution is -2.33. The maximum atomic E-state index is 5.93. The van der Waals surface area contributed by atoms with Gasteiger partial charge in [-0.25, -0.2) is 0 Å². The van der Waals surface area contributed by atoms with E-state index in [0.29, 0.717) is 10.0 Å². The molecular formula is C10H12Cl3NO. The van der Waals surface area contributed by atoms with Gasteiger partial charge in [-0.3, -0.25) is 0 Å². The van der Waals surface area contributed by atoms with Gasteiger partial charge < -0.3 is 10.1 Å². The fraction of sp³-hybridized carbons (Fsp3) is 0.400. The summed E-state index contributed by atoms with van der Waals surface area (Å²) in [7, 11) is 0. The third-order valence-electron chi connectivity index (χ3n) is 2.24. The molecule has 0 spiro atoms. The second kappa shape index (κ2) is 5.92. The average molecular weight is 269 g/mol. The Bertz CT molecular complexity index is 326. The first-order chi connectivity index (χ1) is 6.77. The van der Waals surface area contributed by atoms with Crippen molar-refractivity contribution in [1.82, 2.24) is 5.32 Å². The van der Waals surface area contributed by atoms with E-state index < -0.39 is 0 Å². The highest BCUT2D eigenvalue weighted by atomic mass is 35.5. The number of hydrogen-bond acceptors (Lipinski definition) is 2. The summed E-state index contributed by atoms with van der Waals surface area (Å²) in [4.78, 5) is 0. The smallest absolute Gasteiger partial charge is 0.0950 e. The van der Waals surface area contributed by atoms with E-state index >= 15 is 0 Å². The van der Waals surface area contributed by atoms with Crippen LogP contribution in [0.5, 0.6) is 0 Å². The van der Waals surface area contributed by atoms with Crippen molar-refractivity contribution in [3.05, 3.63) is 33.8 Å². The molecule has 1 heterocycles. The zero-order valence-corrected chi connectivity index (χ0v) is 10.3. The average Bonchev–Trinajstić information content (AvgIpc) is 2.23. The van der Waals surface area contributed by atoms with E-state index in [4.69, 9.17) is 27.9 Å². The van der Waals surface area contributed by atoms with Crippen LogP contribution in [0.1, 0.15) is 11.7 Å². The summed E-state index contributed by atoms with van der Waals surface area (Å²) in [6.45, 7) is 2.49. The van der Waals surface area contributed by atoms with E-state index in [2.05, 4.69) is 5.32 Å². The van der Waals surface area contributed by atoms with Crippen molar-refractivity contribution < 1.29 is 4.74 Å². The molecule has 1 N–H and O–H groups in total. The van der Waals surface area contributed by atoms with Gasteiger partial charge in [-0.2, -0.15) is 0 Å². The van der Waals surface area contributed by atoms with Crippen molar-refractivity contribution in [3.8, 4) is 0 Å². The number of nitrogens with one attached hydrogen (secondary N) is 1. The molecule has 1 fully saturated rings. The monoisotopic (exact) mass is 267 g/mol. The van der Waals surface area contributed by atoms with Gasteiger partial charge >= 0.3 is 0 Å². The molecule has 15 heavy (non-hydrogen) atoms. The molecule has 1 aliphatic heterocycles. The molecule has 1 aliphatic rings. The molecule has 84 valence electrons. The Morgan fingerprint density at radius 1 is 1.27 bits per heavy atom. The third kappa shape index (κ3) is 3.23. The van der Waals surface area contributed by atoms with Gasteiger partial charge in [0.15, 0.2) is 0 Å². The number of benzene rings is 1. The van der Waals surface area contributed by atoms with Crippen molar-refractivity contribution >= 4 is 35.6 Å². The number of rotatable bonds is 1. The van der Waals surface area contributed by atoms with E-state index in [0.717, 1.165) is 25.3 Å². The van der Waals surface area contributed by atoms with Gasteiger partial charge in [0.05, 0.1) is 22.8 Å². The number of ether oxygens (including phenoxy) is 1. The summed E-state index contributed by atoms with van der Waals surface area (Å²) >= 11 is 11.8. The van der Waals surface area contributed by atoms with Gasteiger partial charge in [0.1, 0.15) is 0 Å². The fourth-order valence-corrected chi connectivity index (χ4v) is 1.80. The summed E-state index contributed by atoms with van der Waals surface area (Å²) < 4.78 is 5.59. The Hall–Kier alpha value is 0.01000. The van der Waals surface area contributed by atoms with Crippen molar-refractivity contribution in [2.45, 2.75) is 6.10 Å². The van der Waals surface area contributed by atoms with Crippen LogP contribution in [0.25, 0.3) is 0 Å². The maximum absolute atomic E-state index is 5.93. The summed E-state index contributed by atoms with van der Waals surface area (Å²) in [6, 6.07) is 5.62. The lowest BCUT2D eigenvalue weighted by Gasteiger charge is -2.24. The first-order valence-corrected chi connectivity index (χ1v) is 5.30. The van der Waals surface area contributed by atoms with Crippen LogP contribution in [-0.4, -0.2) is 19.7 Å². The highest BCUT2D eigenvalue weighted by Gasteiger charge is 2.16. The SMILES string of the molecule is Cl.Clc1ccc(C2CNCCO2)cc1Cl. The molecule has 1 aromatic rings. The minimum atomic E-state index is 0. The van der Waals surface area contributed by atoms with Crippen LogP contribution in [0.4, 0.5) is 0 Å². The Balaban J connectivity index is 0.00000112. The highest BCUT2D eigenvalue weighted by Crippen LogP contribution is 2.27. The first kappa shape index (κ1) is 13.1. The van der Waals surface area contributed by atoms with Gasteiger partial charge in [0.2, 0.25) is 0 Å². The zero-order chi connectivity index (χ0) is 9.97. The summed E-state index contributed by atoms with van der Waals surface area (Å²) in [6.07, 6.45) is 0.0958. The number of morpholine rings is 1. The Morgan fingerprint density at radius 2 is 2.07 bits per heavy atom. The molecule has 1 atom stereocenters. The van der Waals surface area contributed by atoms with Crippen LogP contribution in [-0.2, 0) is 4.74 Å². The summed E-state index contributed by atoms with van der Waals surface area (Å²) in [5.74, 6) is 0. The zero-order valence-electron chi connectivity index (χ0n) is 8.00. The Labute approximate surface area is 105 Å². The van der Waals surface area contributed by atoms with Crippen LogP contribution >= 0.6 is 35.6 Å². The molecule has 2 rings (SSSR count). The second-order valence-corrected chi connectivity index (χ2v) is 4.05. The van der Waals surface area contributed by atoms with Crippen LogP contribution in [0.15, 0.2) is 18.2 Å². The first-order valence-electron chi connectivity index (χ1n) is 4.54. The van der Waals surface area contributed by atoms with E-state index in [9.17, 15) is 0 Å². The topological polar surface area (TPSA) is 21.3 Å². The van der Waals surface area contributed by atoms with Gasteiger partial charge in [-0.1, -0.05) is 29.3 Å². The van der Waals surface area contributed by atoms with Crippen LogP contribution < -0.4 is 5.32 Å². The molecular weight excluding hydrogens is 256 g/mol. The highest BCUT2D eigenvalue weighted by molar-refractivity contribution is 6.42. The largest absolute Gasteiger partial charge is 0.371 e. The second-order valence-electron chi connectivity index (χ2n) is 3.24. The van der Waals surface area contributed by atoms with E-state index in [1.807, 2.05) is 12.1 Å². The minimum Gasteiger partial charge on any atom is -0.371 e. The van der Waals surface area contributed by atoms with Crippen molar-refractivity contribution in [2.24, 2.45) is 0 Å². The predicted octanol–water partition coefficient (Wildman–Crippen LogP) is 3.08. The van der Waals surface area contributed by atoms with Gasteiger partial charge in [0.25, 0.3) is 0 Å². The molecule has 0 aliphatic carbocycles. The van der Waals surface area contributed by atoms with E-state index in [1.54, 1.807) is 6.07 Å². The Kier molecular flexibility index (Phi) is 5.16. The molecule has 0 saturated carbocycles. The standard InChI is InChI=1S/C10H11Cl2NO.ClH/c11-8-2-1-7(5-9(8)12)10-6-13-3-4-14-10;/h1-2,5,10,13H,3-4,6H2;1H. The summed E-state index contributed by atoms with van der Waals surface area (Å²) in [5, 5.41) is 4.43. The Morgan fingerprint density at radius 3 is 2.67 bits per heavy atom. The van der Waals surface area contributed by atoms with Crippen molar-refractivity contribution in [1.29, 1.82) is 0 Å². The van der Waals surface area contributed by atoms with Gasteiger partial charge in [-0.05, 0) is 17.7 Å². The molecule has 1 unspecified atom stereocenters. The normalized spacial score (nSPS) is 20.8. The number of halogens is 3. The molecule has 0 amide bonds. The van der Waals surface area contributed by atoms with E-state index in [1.165, 1.54) is 0 Å². The van der Waals surface area contributed by atoms with Gasteiger partial charge in [0, 0.05) is 13.1 Å². The van der Waals surface area contributed by atoms with Crippen molar-refractivity contribution in [2.75, 3.05) is 19.7 Å².